The Morgan fingerprint density at radius 2 is 1.71 bits per heavy atom. The second-order valence-corrected chi connectivity index (χ2v) is 8.42. The second-order valence-electron chi connectivity index (χ2n) is 6.89. The lowest BCUT2D eigenvalue weighted by Gasteiger charge is -2.10. The normalized spacial score (nSPS) is 11.2. The van der Waals surface area contributed by atoms with Gasteiger partial charge < -0.3 is 11.1 Å². The first-order valence-electron chi connectivity index (χ1n) is 9.30. The van der Waals surface area contributed by atoms with Crippen LogP contribution < -0.4 is 16.2 Å². The lowest BCUT2D eigenvalue weighted by Crippen LogP contribution is -2.15. The number of aryl methyl sites for hydroxylation is 1. The van der Waals surface area contributed by atoms with Crippen molar-refractivity contribution in [1.82, 2.24) is 0 Å². The fourth-order valence-electron chi connectivity index (χ4n) is 3.10. The molecule has 0 saturated carbocycles. The molecule has 0 atom stereocenters. The molecule has 0 aliphatic carbocycles. The van der Waals surface area contributed by atoms with Gasteiger partial charge in [-0.05, 0) is 47.9 Å². The topological polar surface area (TPSA) is 139 Å². The highest BCUT2D eigenvalue weighted by Crippen LogP contribution is 2.27. The van der Waals surface area contributed by atoms with Gasteiger partial charge in [0.25, 0.3) is 0 Å². The summed E-state index contributed by atoms with van der Waals surface area (Å²) < 4.78 is 37.2. The summed E-state index contributed by atoms with van der Waals surface area (Å²) in [5.41, 5.74) is 7.72. The Kier molecular flexibility index (Phi) is 6.47. The van der Waals surface area contributed by atoms with E-state index in [2.05, 4.69) is 5.32 Å². The number of amidine groups is 1. The molecule has 0 bridgehead atoms. The summed E-state index contributed by atoms with van der Waals surface area (Å²) >= 11 is 0. The molecule has 0 unspecified atom stereocenters. The zero-order valence-electron chi connectivity index (χ0n) is 16.4. The van der Waals surface area contributed by atoms with Crippen LogP contribution in [-0.2, 0) is 21.2 Å². The van der Waals surface area contributed by atoms with Gasteiger partial charge in [0.1, 0.15) is 11.7 Å². The third kappa shape index (κ3) is 5.53. The lowest BCUT2D eigenvalue weighted by atomic mass is 10.0. The summed E-state index contributed by atoms with van der Waals surface area (Å²) in [6, 6.07) is 17.4. The van der Waals surface area contributed by atoms with E-state index in [1.54, 1.807) is 48.5 Å². The van der Waals surface area contributed by atoms with Crippen molar-refractivity contribution < 1.29 is 17.6 Å². The van der Waals surface area contributed by atoms with Crippen molar-refractivity contribution in [3.8, 4) is 11.1 Å². The number of nitrogens with one attached hydrogen (secondary N) is 2. The number of nitrogen functional groups attached to an aromatic ring is 1. The average Bonchev–Trinajstić information content (AvgIpc) is 2.73. The maximum atomic E-state index is 13.6. The van der Waals surface area contributed by atoms with E-state index in [0.29, 0.717) is 28.8 Å². The van der Waals surface area contributed by atoms with E-state index in [4.69, 9.17) is 16.3 Å². The molecule has 0 aliphatic rings. The van der Waals surface area contributed by atoms with Crippen LogP contribution in [0, 0.1) is 11.2 Å². The Bertz CT molecular complexity index is 1240. The molecule has 3 aromatic rings. The number of sulfonamides is 1. The van der Waals surface area contributed by atoms with E-state index in [1.807, 2.05) is 0 Å². The number of carbonyl (C=O) groups is 1. The highest BCUT2D eigenvalue weighted by Gasteiger charge is 2.14. The summed E-state index contributed by atoms with van der Waals surface area (Å²) in [4.78, 5) is 12.3. The average molecular weight is 441 g/mol. The summed E-state index contributed by atoms with van der Waals surface area (Å²) in [5.74, 6) is -1.19. The summed E-state index contributed by atoms with van der Waals surface area (Å²) in [5, 5.41) is 15.4. The van der Waals surface area contributed by atoms with Crippen molar-refractivity contribution in [1.29, 1.82) is 5.41 Å². The van der Waals surface area contributed by atoms with Crippen molar-refractivity contribution in [3.63, 3.8) is 0 Å². The highest BCUT2D eigenvalue weighted by molar-refractivity contribution is 7.89. The Balaban J connectivity index is 1.66. The predicted octanol–water partition coefficient (Wildman–Crippen LogP) is 3.00. The van der Waals surface area contributed by atoms with Crippen molar-refractivity contribution in [2.45, 2.75) is 17.7 Å². The highest BCUT2D eigenvalue weighted by atomic mass is 32.2. The first-order valence-corrected chi connectivity index (χ1v) is 10.8. The maximum Gasteiger partial charge on any atom is 0.238 e. The number of amides is 1. The van der Waals surface area contributed by atoms with Gasteiger partial charge >= 0.3 is 0 Å². The quantitative estimate of drug-likeness (QED) is 0.331. The van der Waals surface area contributed by atoms with Crippen LogP contribution in [0.5, 0.6) is 0 Å². The Morgan fingerprint density at radius 3 is 2.35 bits per heavy atom. The molecule has 1 amide bonds. The molecule has 9 heteroatoms. The number of anilines is 1. The molecule has 0 aliphatic heterocycles. The minimum absolute atomic E-state index is 0.00766. The first-order chi connectivity index (χ1) is 14.6. The van der Waals surface area contributed by atoms with E-state index >= 15 is 0 Å². The standard InChI is InChI=1S/C22H21FN4O3S/c23-19-11-5-14(13-18(19)22(24)25)6-12-21(28)27-16-9-7-15(8-10-16)17-3-1-2-4-20(17)31(26,29)30/h1-5,7-11,13H,6,12H2,(H3,24,25)(H,27,28)(H2,26,29,30). The lowest BCUT2D eigenvalue weighted by molar-refractivity contribution is -0.116. The van der Waals surface area contributed by atoms with Gasteiger partial charge in [-0.15, -0.1) is 0 Å². The molecule has 0 aromatic heterocycles. The third-order valence-electron chi connectivity index (χ3n) is 4.63. The molecule has 0 spiro atoms. The van der Waals surface area contributed by atoms with Gasteiger partial charge in [-0.1, -0.05) is 36.4 Å². The Morgan fingerprint density at radius 1 is 1.03 bits per heavy atom. The van der Waals surface area contributed by atoms with Gasteiger partial charge in [-0.25, -0.2) is 17.9 Å². The molecule has 0 radical (unpaired) electrons. The zero-order valence-corrected chi connectivity index (χ0v) is 17.2. The molecule has 3 rings (SSSR count). The summed E-state index contributed by atoms with van der Waals surface area (Å²) in [6.45, 7) is 0. The van der Waals surface area contributed by atoms with Crippen LogP contribution in [0.25, 0.3) is 11.1 Å². The molecule has 6 N–H and O–H groups in total. The van der Waals surface area contributed by atoms with Crippen LogP contribution in [0.1, 0.15) is 17.5 Å². The number of hydrogen-bond donors (Lipinski definition) is 4. The van der Waals surface area contributed by atoms with Crippen LogP contribution in [0.2, 0.25) is 0 Å². The molecule has 31 heavy (non-hydrogen) atoms. The van der Waals surface area contributed by atoms with E-state index in [-0.39, 0.29) is 28.6 Å². The van der Waals surface area contributed by atoms with Crippen LogP contribution in [0.15, 0.2) is 71.6 Å². The van der Waals surface area contributed by atoms with Crippen molar-refractivity contribution in [3.05, 3.63) is 83.7 Å². The van der Waals surface area contributed by atoms with Crippen LogP contribution >= 0.6 is 0 Å². The van der Waals surface area contributed by atoms with Crippen LogP contribution in [0.4, 0.5) is 10.1 Å². The van der Waals surface area contributed by atoms with Crippen molar-refractivity contribution >= 4 is 27.5 Å². The first kappa shape index (κ1) is 22.1. The van der Waals surface area contributed by atoms with E-state index in [9.17, 15) is 17.6 Å². The monoisotopic (exact) mass is 440 g/mol. The number of primary sulfonamides is 1. The SMILES string of the molecule is N=C(N)c1cc(CCC(=O)Nc2ccc(-c3ccccc3S(N)(=O)=O)cc2)ccc1F. The minimum atomic E-state index is -3.87. The van der Waals surface area contributed by atoms with Crippen LogP contribution in [0.3, 0.4) is 0 Å². The molecular formula is C22H21FN4O3S. The van der Waals surface area contributed by atoms with Gasteiger partial charge in [-0.3, -0.25) is 10.2 Å². The van der Waals surface area contributed by atoms with Crippen LogP contribution in [-0.4, -0.2) is 20.2 Å². The van der Waals surface area contributed by atoms with Crippen molar-refractivity contribution in [2.75, 3.05) is 5.32 Å². The van der Waals surface area contributed by atoms with Gasteiger partial charge in [0.15, 0.2) is 0 Å². The van der Waals surface area contributed by atoms with E-state index < -0.39 is 15.8 Å². The fraction of sp³-hybridized carbons (Fsp3) is 0.0909. The molecule has 3 aromatic carbocycles. The minimum Gasteiger partial charge on any atom is -0.384 e. The van der Waals surface area contributed by atoms with Gasteiger partial charge in [0.05, 0.1) is 10.5 Å². The zero-order chi connectivity index (χ0) is 22.6. The molecule has 0 fully saturated rings. The second kappa shape index (κ2) is 9.07. The molecule has 0 heterocycles. The van der Waals surface area contributed by atoms with Gasteiger partial charge in [0, 0.05) is 17.7 Å². The third-order valence-corrected chi connectivity index (χ3v) is 5.60. The number of carbonyl (C=O) groups excluding carboxylic acids is 1. The molecule has 0 saturated heterocycles. The number of benzene rings is 3. The van der Waals surface area contributed by atoms with Crippen molar-refractivity contribution in [2.24, 2.45) is 10.9 Å². The maximum absolute atomic E-state index is 13.6. The summed E-state index contributed by atoms with van der Waals surface area (Å²) in [6.07, 6.45) is 0.505. The molecule has 7 nitrogen and oxygen atoms in total. The predicted molar refractivity (Wildman–Crippen MR) is 118 cm³/mol. The fourth-order valence-corrected chi connectivity index (χ4v) is 3.86. The number of halogens is 1. The number of hydrogen-bond acceptors (Lipinski definition) is 4. The van der Waals surface area contributed by atoms with E-state index in [0.717, 1.165) is 0 Å². The number of rotatable bonds is 7. The summed E-state index contributed by atoms with van der Waals surface area (Å²) in [7, 11) is -3.87. The van der Waals surface area contributed by atoms with Gasteiger partial charge in [-0.2, -0.15) is 0 Å². The smallest absolute Gasteiger partial charge is 0.238 e. The largest absolute Gasteiger partial charge is 0.384 e. The Hall–Kier alpha value is -3.56. The molecular weight excluding hydrogens is 419 g/mol. The van der Waals surface area contributed by atoms with Gasteiger partial charge in [0.2, 0.25) is 15.9 Å². The Labute approximate surface area is 179 Å². The number of nitrogens with two attached hydrogens (primary N) is 2. The van der Waals surface area contributed by atoms with E-state index in [1.165, 1.54) is 18.2 Å². The molecule has 160 valence electrons.